The van der Waals surface area contributed by atoms with E-state index in [1.54, 1.807) is 37.3 Å². The van der Waals surface area contributed by atoms with Gasteiger partial charge in [-0.2, -0.15) is 0 Å². The van der Waals surface area contributed by atoms with Gasteiger partial charge in [-0.1, -0.05) is 35.9 Å². The number of carbonyl (C=O) groups is 2. The van der Waals surface area contributed by atoms with Gasteiger partial charge < -0.3 is 10.2 Å². The van der Waals surface area contributed by atoms with Gasteiger partial charge in [0.25, 0.3) is 0 Å². The number of nitrogens with zero attached hydrogens (tertiary/aromatic N) is 2. The summed E-state index contributed by atoms with van der Waals surface area (Å²) in [4.78, 5) is 27.2. The van der Waals surface area contributed by atoms with Crippen molar-refractivity contribution in [3.8, 4) is 0 Å². The van der Waals surface area contributed by atoms with Crippen LogP contribution >= 0.6 is 11.6 Å². The Morgan fingerprint density at radius 3 is 2.24 bits per heavy atom. The molecule has 2 amide bonds. The molecule has 1 N–H and O–H groups in total. The van der Waals surface area contributed by atoms with Crippen molar-refractivity contribution < 1.29 is 22.4 Å². The van der Waals surface area contributed by atoms with E-state index in [1.165, 1.54) is 23.1 Å². The second-order valence-electron chi connectivity index (χ2n) is 8.38. The largest absolute Gasteiger partial charge is 0.352 e. The molecule has 0 fully saturated rings. The van der Waals surface area contributed by atoms with Crippen molar-refractivity contribution in [1.29, 1.82) is 0 Å². The summed E-state index contributed by atoms with van der Waals surface area (Å²) in [5.41, 5.74) is 0.728. The van der Waals surface area contributed by atoms with Crippen LogP contribution in [0, 0.1) is 5.82 Å². The molecule has 0 bridgehead atoms. The molecule has 0 heterocycles. The van der Waals surface area contributed by atoms with Crippen LogP contribution in [0.2, 0.25) is 5.02 Å². The van der Waals surface area contributed by atoms with Crippen LogP contribution in [0.25, 0.3) is 0 Å². The first kappa shape index (κ1) is 27.6. The number of anilines is 1. The molecule has 0 saturated carbocycles. The topological polar surface area (TPSA) is 86.8 Å². The fourth-order valence-electron chi connectivity index (χ4n) is 3.41. The number of halogens is 2. The van der Waals surface area contributed by atoms with Crippen molar-refractivity contribution in [2.75, 3.05) is 17.1 Å². The van der Waals surface area contributed by atoms with E-state index >= 15 is 0 Å². The zero-order chi connectivity index (χ0) is 25.5. The van der Waals surface area contributed by atoms with E-state index in [1.807, 2.05) is 13.8 Å². The molecule has 0 aliphatic rings. The lowest BCUT2D eigenvalue weighted by Crippen LogP contribution is -2.49. The molecule has 0 radical (unpaired) electrons. The summed E-state index contributed by atoms with van der Waals surface area (Å²) in [7, 11) is -3.76. The summed E-state index contributed by atoms with van der Waals surface area (Å²) in [6.45, 7) is 5.42. The van der Waals surface area contributed by atoms with Crippen molar-refractivity contribution >= 4 is 39.1 Å². The lowest BCUT2D eigenvalue weighted by atomic mass is 10.1. The van der Waals surface area contributed by atoms with Gasteiger partial charge in [0.15, 0.2) is 0 Å². The van der Waals surface area contributed by atoms with Crippen molar-refractivity contribution in [1.82, 2.24) is 10.2 Å². The van der Waals surface area contributed by atoms with E-state index < -0.39 is 21.9 Å². The third kappa shape index (κ3) is 7.99. The van der Waals surface area contributed by atoms with Crippen molar-refractivity contribution in [2.45, 2.75) is 52.2 Å². The van der Waals surface area contributed by atoms with Gasteiger partial charge in [-0.05, 0) is 57.0 Å². The molecule has 0 aromatic heterocycles. The fourth-order valence-corrected chi connectivity index (χ4v) is 4.50. The molecule has 0 aliphatic carbocycles. The van der Waals surface area contributed by atoms with Gasteiger partial charge in [0.1, 0.15) is 11.9 Å². The Bertz CT molecular complexity index is 1090. The molecule has 34 heavy (non-hydrogen) atoms. The minimum atomic E-state index is -3.76. The number of rotatable bonds is 11. The van der Waals surface area contributed by atoms with Crippen LogP contribution in [0.1, 0.15) is 39.2 Å². The molecule has 1 unspecified atom stereocenters. The fraction of sp³-hybridized carbons (Fsp3) is 0.417. The summed E-state index contributed by atoms with van der Waals surface area (Å²) in [5, 5.41) is 3.37. The Morgan fingerprint density at radius 2 is 1.68 bits per heavy atom. The Labute approximate surface area is 205 Å². The maximum Gasteiger partial charge on any atom is 0.242 e. The smallest absolute Gasteiger partial charge is 0.242 e. The molecule has 7 nitrogen and oxygen atoms in total. The average molecular weight is 512 g/mol. The number of amides is 2. The van der Waals surface area contributed by atoms with Crippen molar-refractivity contribution in [3.63, 3.8) is 0 Å². The quantitative estimate of drug-likeness (QED) is 0.494. The molecule has 186 valence electrons. The summed E-state index contributed by atoms with van der Waals surface area (Å²) in [5.74, 6) is -1.27. The van der Waals surface area contributed by atoms with Crippen LogP contribution in [0.5, 0.6) is 0 Å². The van der Waals surface area contributed by atoms with Crippen LogP contribution in [0.4, 0.5) is 10.1 Å². The zero-order valence-electron chi connectivity index (χ0n) is 19.8. The van der Waals surface area contributed by atoms with Crippen LogP contribution in [-0.2, 0) is 26.2 Å². The van der Waals surface area contributed by atoms with Gasteiger partial charge in [-0.15, -0.1) is 0 Å². The number of para-hydroxylation sites is 1. The van der Waals surface area contributed by atoms with Gasteiger partial charge in [0.2, 0.25) is 21.8 Å². The average Bonchev–Trinajstić information content (AvgIpc) is 2.75. The highest BCUT2D eigenvalue weighted by atomic mass is 35.5. The zero-order valence-corrected chi connectivity index (χ0v) is 21.4. The minimum absolute atomic E-state index is 0.0205. The molecular weight excluding hydrogens is 481 g/mol. The predicted octanol–water partition coefficient (Wildman–Crippen LogP) is 3.97. The van der Waals surface area contributed by atoms with Gasteiger partial charge in [-0.25, -0.2) is 12.8 Å². The molecule has 2 rings (SSSR count). The molecular formula is C24H31ClFN3O4S. The molecule has 10 heteroatoms. The standard InChI is InChI=1S/C24H31ClFN3O4S/c1-17(2)27-24(31)18(3)28(16-19-11-13-20(25)14-12-19)23(30)10-7-15-29(34(4,32)33)22-9-6-5-8-21(22)26/h5-6,8-9,11-14,17-18H,7,10,15-16H2,1-4H3,(H,27,31). The predicted molar refractivity (Wildman–Crippen MR) is 133 cm³/mol. The SMILES string of the molecule is CC(C)NC(=O)C(C)N(Cc1ccc(Cl)cc1)C(=O)CCCN(c1ccccc1F)S(C)(=O)=O. The molecule has 2 aromatic carbocycles. The molecule has 2 aromatic rings. The maximum absolute atomic E-state index is 14.2. The molecule has 1 atom stereocenters. The van der Waals surface area contributed by atoms with Gasteiger partial charge in [-0.3, -0.25) is 13.9 Å². The number of hydrogen-bond donors (Lipinski definition) is 1. The van der Waals surface area contributed by atoms with Crippen LogP contribution in [0.3, 0.4) is 0 Å². The highest BCUT2D eigenvalue weighted by Crippen LogP contribution is 2.22. The Hall–Kier alpha value is -2.65. The number of hydrogen-bond acceptors (Lipinski definition) is 4. The van der Waals surface area contributed by atoms with E-state index in [-0.39, 0.29) is 49.5 Å². The molecule has 0 spiro atoms. The maximum atomic E-state index is 14.2. The first-order chi connectivity index (χ1) is 15.9. The van der Waals surface area contributed by atoms with Gasteiger partial charge in [0, 0.05) is 30.6 Å². The number of sulfonamides is 1. The lowest BCUT2D eigenvalue weighted by Gasteiger charge is -2.30. The van der Waals surface area contributed by atoms with E-state index in [0.29, 0.717) is 5.02 Å². The normalized spacial score (nSPS) is 12.3. The summed E-state index contributed by atoms with van der Waals surface area (Å²) >= 11 is 5.95. The summed E-state index contributed by atoms with van der Waals surface area (Å²) < 4.78 is 39.7. The van der Waals surface area contributed by atoms with E-state index in [9.17, 15) is 22.4 Å². The number of carbonyl (C=O) groups excluding carboxylic acids is 2. The van der Waals surface area contributed by atoms with Crippen LogP contribution in [-0.4, -0.2) is 50.0 Å². The van der Waals surface area contributed by atoms with Crippen LogP contribution < -0.4 is 9.62 Å². The van der Waals surface area contributed by atoms with Gasteiger partial charge >= 0.3 is 0 Å². The van der Waals surface area contributed by atoms with E-state index in [0.717, 1.165) is 16.1 Å². The van der Waals surface area contributed by atoms with E-state index in [2.05, 4.69) is 5.32 Å². The van der Waals surface area contributed by atoms with Crippen LogP contribution in [0.15, 0.2) is 48.5 Å². The highest BCUT2D eigenvalue weighted by Gasteiger charge is 2.27. The number of benzene rings is 2. The number of nitrogens with one attached hydrogen (secondary N) is 1. The van der Waals surface area contributed by atoms with Gasteiger partial charge in [0.05, 0.1) is 11.9 Å². The van der Waals surface area contributed by atoms with Crippen molar-refractivity contribution in [2.24, 2.45) is 0 Å². The third-order valence-corrected chi connectivity index (χ3v) is 6.57. The first-order valence-corrected chi connectivity index (χ1v) is 13.2. The monoisotopic (exact) mass is 511 g/mol. The third-order valence-electron chi connectivity index (χ3n) is 5.14. The first-order valence-electron chi connectivity index (χ1n) is 11.0. The molecule has 0 saturated heterocycles. The Kier molecular flexibility index (Phi) is 9.88. The van der Waals surface area contributed by atoms with Crippen molar-refractivity contribution in [3.05, 3.63) is 64.9 Å². The summed E-state index contributed by atoms with van der Waals surface area (Å²) in [6, 6.07) is 11.7. The Balaban J connectivity index is 2.17. The second kappa shape index (κ2) is 12.2. The summed E-state index contributed by atoms with van der Waals surface area (Å²) in [6.07, 6.45) is 1.12. The van der Waals surface area contributed by atoms with E-state index in [4.69, 9.17) is 11.6 Å². The highest BCUT2D eigenvalue weighted by molar-refractivity contribution is 7.92. The Morgan fingerprint density at radius 1 is 1.06 bits per heavy atom. The minimum Gasteiger partial charge on any atom is -0.352 e. The molecule has 0 aliphatic heterocycles. The lowest BCUT2D eigenvalue weighted by molar-refractivity contribution is -0.140. The second-order valence-corrected chi connectivity index (χ2v) is 10.7.